The predicted octanol–water partition coefficient (Wildman–Crippen LogP) is 8.64. The first-order chi connectivity index (χ1) is 19.4. The van der Waals surface area contributed by atoms with Gasteiger partial charge in [0.25, 0.3) is 0 Å². The van der Waals surface area contributed by atoms with Crippen LogP contribution in [0.1, 0.15) is 97.6 Å². The topological polar surface area (TPSA) is 64.7 Å². The van der Waals surface area contributed by atoms with Crippen LogP contribution in [0, 0.1) is 11.8 Å². The van der Waals surface area contributed by atoms with Crippen LogP contribution in [0.15, 0.2) is 48.5 Å². The number of piperidine rings is 2. The Balaban J connectivity index is 1.10. The molecule has 2 aliphatic rings. The summed E-state index contributed by atoms with van der Waals surface area (Å²) >= 11 is 0. The lowest BCUT2D eigenvalue weighted by molar-refractivity contribution is 0.170. The highest BCUT2D eigenvalue weighted by atomic mass is 16.2. The standard InChI is InChI=1S/C35H52N4O2/c1-34(2,3)28-10-14-30(15-11-28)36-32(40)38-22-18-26(19-23-38)8-7-9-27-20-24-39(25-21-27)33(41)37-31-16-12-29(13-17-31)35(4,5)6/h10-17,26-27H,7-9,18-25H2,1-6H3,(H,36,40)(H,37,41). The van der Waals surface area contributed by atoms with Crippen LogP contribution in [0.2, 0.25) is 0 Å². The molecule has 2 fully saturated rings. The van der Waals surface area contributed by atoms with Gasteiger partial charge in [0.15, 0.2) is 0 Å². The van der Waals surface area contributed by atoms with Crippen LogP contribution in [0.25, 0.3) is 0 Å². The fourth-order valence-corrected chi connectivity index (χ4v) is 6.06. The maximum Gasteiger partial charge on any atom is 0.321 e. The van der Waals surface area contributed by atoms with Gasteiger partial charge in [-0.1, -0.05) is 85.1 Å². The number of likely N-dealkylation sites (tertiary alicyclic amines) is 2. The molecule has 2 aromatic rings. The van der Waals surface area contributed by atoms with Gasteiger partial charge in [-0.3, -0.25) is 0 Å². The van der Waals surface area contributed by atoms with Gasteiger partial charge in [-0.25, -0.2) is 9.59 Å². The number of rotatable bonds is 6. The molecule has 4 rings (SSSR count). The lowest BCUT2D eigenvalue weighted by Gasteiger charge is -2.33. The van der Waals surface area contributed by atoms with Crippen molar-refractivity contribution in [3.63, 3.8) is 0 Å². The van der Waals surface area contributed by atoms with E-state index in [0.29, 0.717) is 11.8 Å². The van der Waals surface area contributed by atoms with Crippen LogP contribution < -0.4 is 10.6 Å². The minimum atomic E-state index is 0.0182. The highest BCUT2D eigenvalue weighted by Gasteiger charge is 2.25. The number of amides is 4. The normalized spacial score (nSPS) is 17.4. The van der Waals surface area contributed by atoms with Gasteiger partial charge in [0, 0.05) is 37.6 Å². The van der Waals surface area contributed by atoms with E-state index in [4.69, 9.17) is 0 Å². The Labute approximate surface area is 248 Å². The Morgan fingerprint density at radius 3 is 1.22 bits per heavy atom. The summed E-state index contributed by atoms with van der Waals surface area (Å²) in [7, 11) is 0. The summed E-state index contributed by atoms with van der Waals surface area (Å²) in [6.45, 7) is 16.5. The second-order valence-corrected chi connectivity index (χ2v) is 14.3. The van der Waals surface area contributed by atoms with Crippen LogP contribution in [-0.2, 0) is 10.8 Å². The first-order valence-corrected chi connectivity index (χ1v) is 15.7. The van der Waals surface area contributed by atoms with Crippen molar-refractivity contribution in [1.82, 2.24) is 9.80 Å². The fourth-order valence-electron chi connectivity index (χ4n) is 6.06. The zero-order valence-electron chi connectivity index (χ0n) is 26.3. The van der Waals surface area contributed by atoms with Crippen molar-refractivity contribution in [3.8, 4) is 0 Å². The molecule has 0 saturated carbocycles. The molecule has 6 nitrogen and oxygen atoms in total. The zero-order chi connectivity index (χ0) is 29.6. The van der Waals surface area contributed by atoms with E-state index in [1.54, 1.807) is 0 Å². The Kier molecular flexibility index (Phi) is 10.0. The van der Waals surface area contributed by atoms with Crippen LogP contribution in [0.3, 0.4) is 0 Å². The maximum atomic E-state index is 12.8. The van der Waals surface area contributed by atoms with Gasteiger partial charge < -0.3 is 20.4 Å². The summed E-state index contributed by atoms with van der Waals surface area (Å²) < 4.78 is 0. The molecule has 0 atom stereocenters. The molecule has 41 heavy (non-hydrogen) atoms. The number of carbonyl (C=O) groups excluding carboxylic acids is 2. The number of benzene rings is 2. The molecule has 0 aliphatic carbocycles. The van der Waals surface area contributed by atoms with Gasteiger partial charge in [0.05, 0.1) is 0 Å². The Morgan fingerprint density at radius 1 is 0.610 bits per heavy atom. The molecule has 224 valence electrons. The van der Waals surface area contributed by atoms with Crippen molar-refractivity contribution in [2.24, 2.45) is 11.8 Å². The first kappa shape index (κ1) is 30.9. The van der Waals surface area contributed by atoms with Crippen LogP contribution in [0.5, 0.6) is 0 Å². The molecule has 2 aromatic carbocycles. The third-order valence-corrected chi connectivity index (χ3v) is 9.03. The number of nitrogens with zero attached hydrogens (tertiary/aromatic N) is 2. The number of hydrogen-bond donors (Lipinski definition) is 2. The van der Waals surface area contributed by atoms with Crippen molar-refractivity contribution in [2.75, 3.05) is 36.8 Å². The molecule has 6 heteroatoms. The van der Waals surface area contributed by atoms with Gasteiger partial charge >= 0.3 is 12.1 Å². The third kappa shape index (κ3) is 8.98. The second-order valence-electron chi connectivity index (χ2n) is 14.3. The van der Waals surface area contributed by atoms with E-state index in [0.717, 1.165) is 63.2 Å². The highest BCUT2D eigenvalue weighted by Crippen LogP contribution is 2.29. The van der Waals surface area contributed by atoms with E-state index in [1.807, 2.05) is 34.1 Å². The molecule has 0 aromatic heterocycles. The van der Waals surface area contributed by atoms with Gasteiger partial charge in [-0.2, -0.15) is 0 Å². The van der Waals surface area contributed by atoms with Crippen molar-refractivity contribution in [2.45, 2.75) is 97.3 Å². The average Bonchev–Trinajstić information content (AvgIpc) is 2.93. The van der Waals surface area contributed by atoms with Crippen LogP contribution >= 0.6 is 0 Å². The van der Waals surface area contributed by atoms with E-state index in [9.17, 15) is 9.59 Å². The van der Waals surface area contributed by atoms with Crippen molar-refractivity contribution >= 4 is 23.4 Å². The molecule has 0 spiro atoms. The van der Waals surface area contributed by atoms with Gasteiger partial charge in [0.1, 0.15) is 0 Å². The van der Waals surface area contributed by atoms with Crippen molar-refractivity contribution in [1.29, 1.82) is 0 Å². The van der Waals surface area contributed by atoms with E-state index in [2.05, 4.69) is 76.4 Å². The summed E-state index contributed by atoms with van der Waals surface area (Å²) in [6.07, 6.45) is 8.09. The lowest BCUT2D eigenvalue weighted by atomic mass is 9.87. The zero-order valence-corrected chi connectivity index (χ0v) is 26.3. The Morgan fingerprint density at radius 2 is 0.927 bits per heavy atom. The van der Waals surface area contributed by atoms with E-state index in [-0.39, 0.29) is 22.9 Å². The quantitative estimate of drug-likeness (QED) is 0.371. The molecule has 0 bridgehead atoms. The Hall–Kier alpha value is -3.02. The SMILES string of the molecule is CC(C)(C)c1ccc(NC(=O)N2CCC(CCCC3CCN(C(=O)Nc4ccc(C(C)(C)C)cc4)CC3)CC2)cc1. The van der Waals surface area contributed by atoms with E-state index in [1.165, 1.54) is 30.4 Å². The summed E-state index contributed by atoms with van der Waals surface area (Å²) in [5.74, 6) is 1.42. The molecule has 2 aliphatic heterocycles. The minimum absolute atomic E-state index is 0.0182. The van der Waals surface area contributed by atoms with E-state index < -0.39 is 0 Å². The molecular formula is C35H52N4O2. The average molecular weight is 561 g/mol. The molecule has 0 unspecified atom stereocenters. The van der Waals surface area contributed by atoms with E-state index >= 15 is 0 Å². The van der Waals surface area contributed by atoms with Crippen molar-refractivity contribution < 1.29 is 9.59 Å². The molecule has 2 saturated heterocycles. The second kappa shape index (κ2) is 13.3. The molecule has 2 N–H and O–H groups in total. The fraction of sp³-hybridized carbons (Fsp3) is 0.600. The lowest BCUT2D eigenvalue weighted by Crippen LogP contribution is -2.41. The van der Waals surface area contributed by atoms with Crippen molar-refractivity contribution in [3.05, 3.63) is 59.7 Å². The largest absolute Gasteiger partial charge is 0.325 e. The predicted molar refractivity (Wildman–Crippen MR) is 171 cm³/mol. The maximum absolute atomic E-state index is 12.8. The number of nitrogens with one attached hydrogen (secondary N) is 2. The molecule has 0 radical (unpaired) electrons. The van der Waals surface area contributed by atoms with Crippen LogP contribution in [-0.4, -0.2) is 48.0 Å². The Bertz CT molecular complexity index is 1040. The summed E-state index contributed by atoms with van der Waals surface area (Å²) in [4.78, 5) is 29.5. The molecule has 4 amide bonds. The third-order valence-electron chi connectivity index (χ3n) is 9.03. The van der Waals surface area contributed by atoms with Crippen LogP contribution in [0.4, 0.5) is 21.0 Å². The number of urea groups is 2. The summed E-state index contributed by atoms with van der Waals surface area (Å²) in [6, 6.07) is 16.5. The molecular weight excluding hydrogens is 508 g/mol. The first-order valence-electron chi connectivity index (χ1n) is 15.7. The summed E-state index contributed by atoms with van der Waals surface area (Å²) in [5.41, 5.74) is 4.48. The number of hydrogen-bond acceptors (Lipinski definition) is 2. The summed E-state index contributed by atoms with van der Waals surface area (Å²) in [5, 5.41) is 6.16. The highest BCUT2D eigenvalue weighted by molar-refractivity contribution is 5.90. The van der Waals surface area contributed by atoms with Gasteiger partial charge in [-0.05, 0) is 83.7 Å². The monoisotopic (exact) mass is 560 g/mol. The number of carbonyl (C=O) groups is 2. The minimum Gasteiger partial charge on any atom is -0.325 e. The number of anilines is 2. The smallest absolute Gasteiger partial charge is 0.321 e. The van der Waals surface area contributed by atoms with Gasteiger partial charge in [0.2, 0.25) is 0 Å². The van der Waals surface area contributed by atoms with Gasteiger partial charge in [-0.15, -0.1) is 0 Å². The molecule has 2 heterocycles.